The molecule has 20 heavy (non-hydrogen) atoms. The molecule has 112 valence electrons. The predicted octanol–water partition coefficient (Wildman–Crippen LogP) is 3.57. The van der Waals surface area contributed by atoms with E-state index in [0.29, 0.717) is 12.1 Å². The lowest BCUT2D eigenvalue weighted by atomic mass is 10.1. The summed E-state index contributed by atoms with van der Waals surface area (Å²) < 4.78 is 72.7. The molecule has 9 heteroatoms. The fourth-order valence-electron chi connectivity index (χ4n) is 1.32. The van der Waals surface area contributed by atoms with Crippen LogP contribution in [0, 0.1) is 0 Å². The highest BCUT2D eigenvalue weighted by Crippen LogP contribution is 2.33. The van der Waals surface area contributed by atoms with Crippen LogP contribution in [0.15, 0.2) is 18.2 Å². The van der Waals surface area contributed by atoms with Crippen molar-refractivity contribution in [3.8, 4) is 0 Å². The number of rotatable bonds is 3. The van der Waals surface area contributed by atoms with Gasteiger partial charge in [0.15, 0.2) is 0 Å². The maximum atomic E-state index is 12.3. The van der Waals surface area contributed by atoms with Crippen molar-refractivity contribution in [1.29, 1.82) is 0 Å². The number of amides is 1. The molecule has 0 heterocycles. The molecule has 3 nitrogen and oxygen atoms in total. The first kappa shape index (κ1) is 16.1. The van der Waals surface area contributed by atoms with Crippen LogP contribution >= 0.6 is 0 Å². The Bertz CT molecular complexity index is 495. The van der Waals surface area contributed by atoms with Gasteiger partial charge in [0.1, 0.15) is 0 Å². The highest BCUT2D eigenvalue weighted by molar-refractivity contribution is 5.93. The van der Waals surface area contributed by atoms with Crippen LogP contribution in [-0.2, 0) is 11.0 Å². The average Bonchev–Trinajstić information content (AvgIpc) is 2.27. The van der Waals surface area contributed by atoms with Crippen LogP contribution in [0.4, 0.5) is 37.7 Å². The first-order chi connectivity index (χ1) is 8.99. The van der Waals surface area contributed by atoms with Gasteiger partial charge >= 0.3 is 12.4 Å². The molecule has 1 amide bonds. The van der Waals surface area contributed by atoms with Crippen LogP contribution in [0.5, 0.6) is 0 Å². The largest absolute Gasteiger partial charge is 0.416 e. The first-order valence-electron chi connectivity index (χ1n) is 5.32. The summed E-state index contributed by atoms with van der Waals surface area (Å²) >= 11 is 0. The molecular formula is C11H10F6N2O. The molecule has 0 aliphatic heterocycles. The lowest BCUT2D eigenvalue weighted by molar-refractivity contribution is -0.142. The number of carbonyl (C=O) groups is 1. The minimum absolute atomic E-state index is 0.162. The Morgan fingerprint density at radius 2 is 1.75 bits per heavy atom. The Kier molecular flexibility index (Phi) is 4.51. The van der Waals surface area contributed by atoms with E-state index in [1.54, 1.807) is 0 Å². The molecule has 0 radical (unpaired) electrons. The van der Waals surface area contributed by atoms with Gasteiger partial charge in [0.05, 0.1) is 23.4 Å². The summed E-state index contributed by atoms with van der Waals surface area (Å²) in [4.78, 5) is 11.2. The summed E-state index contributed by atoms with van der Waals surface area (Å²) in [6.07, 6.45) is -11.2. The number of benzene rings is 1. The van der Waals surface area contributed by atoms with Crippen LogP contribution in [0.1, 0.15) is 18.4 Å². The van der Waals surface area contributed by atoms with Gasteiger partial charge in [-0.1, -0.05) is 0 Å². The van der Waals surface area contributed by atoms with E-state index < -0.39 is 36.7 Å². The first-order valence-corrected chi connectivity index (χ1v) is 5.32. The second-order valence-corrected chi connectivity index (χ2v) is 3.96. The molecule has 0 unspecified atom stereocenters. The van der Waals surface area contributed by atoms with Gasteiger partial charge in [-0.2, -0.15) is 26.3 Å². The van der Waals surface area contributed by atoms with E-state index in [9.17, 15) is 31.1 Å². The van der Waals surface area contributed by atoms with Crippen molar-refractivity contribution in [2.45, 2.75) is 25.2 Å². The number of hydrogen-bond acceptors (Lipinski definition) is 2. The van der Waals surface area contributed by atoms with Crippen LogP contribution in [0.25, 0.3) is 0 Å². The number of hydrogen-bond donors (Lipinski definition) is 2. The van der Waals surface area contributed by atoms with Crippen molar-refractivity contribution in [3.63, 3.8) is 0 Å². The number of halogens is 6. The smallest absolute Gasteiger partial charge is 0.397 e. The van der Waals surface area contributed by atoms with Crippen LogP contribution in [0.2, 0.25) is 0 Å². The van der Waals surface area contributed by atoms with E-state index in [4.69, 9.17) is 5.73 Å². The summed E-state index contributed by atoms with van der Waals surface area (Å²) in [6.45, 7) is 0. The average molecular weight is 300 g/mol. The molecule has 0 saturated heterocycles. The molecule has 3 N–H and O–H groups in total. The molecule has 0 aromatic heterocycles. The van der Waals surface area contributed by atoms with E-state index in [1.807, 2.05) is 5.32 Å². The molecule has 0 spiro atoms. The van der Waals surface area contributed by atoms with Gasteiger partial charge in [0.2, 0.25) is 5.91 Å². The minimum Gasteiger partial charge on any atom is -0.397 e. The molecule has 0 saturated carbocycles. The molecule has 1 rings (SSSR count). The Labute approximate surface area is 109 Å². The second-order valence-electron chi connectivity index (χ2n) is 3.96. The van der Waals surface area contributed by atoms with E-state index in [2.05, 4.69) is 0 Å². The Morgan fingerprint density at radius 1 is 1.15 bits per heavy atom. The lowest BCUT2D eigenvalue weighted by Crippen LogP contribution is -2.17. The number of nitrogens with two attached hydrogens (primary N) is 1. The van der Waals surface area contributed by atoms with Gasteiger partial charge in [-0.3, -0.25) is 4.79 Å². The van der Waals surface area contributed by atoms with E-state index >= 15 is 0 Å². The monoisotopic (exact) mass is 300 g/mol. The summed E-state index contributed by atoms with van der Waals surface area (Å²) in [6, 6.07) is 2.17. The number of nitrogens with one attached hydrogen (secondary N) is 1. The fraction of sp³-hybridized carbons (Fsp3) is 0.364. The zero-order valence-electron chi connectivity index (χ0n) is 9.90. The highest BCUT2D eigenvalue weighted by Gasteiger charge is 2.31. The Balaban J connectivity index is 2.72. The van der Waals surface area contributed by atoms with Gasteiger partial charge in [0.25, 0.3) is 0 Å². The lowest BCUT2D eigenvalue weighted by Gasteiger charge is -2.12. The topological polar surface area (TPSA) is 55.1 Å². The van der Waals surface area contributed by atoms with E-state index in [0.717, 1.165) is 6.07 Å². The van der Waals surface area contributed by atoms with Crippen molar-refractivity contribution in [3.05, 3.63) is 23.8 Å². The fourth-order valence-corrected chi connectivity index (χ4v) is 1.32. The van der Waals surface area contributed by atoms with Crippen LogP contribution in [-0.4, -0.2) is 12.1 Å². The molecule has 0 aliphatic rings. The zero-order valence-corrected chi connectivity index (χ0v) is 9.90. The normalized spacial score (nSPS) is 12.3. The van der Waals surface area contributed by atoms with Gasteiger partial charge < -0.3 is 11.1 Å². The molecule has 0 fully saturated rings. The molecule has 0 bridgehead atoms. The number of nitrogen functional groups attached to an aromatic ring is 1. The quantitative estimate of drug-likeness (QED) is 0.662. The van der Waals surface area contributed by atoms with Gasteiger partial charge in [-0.15, -0.1) is 0 Å². The van der Waals surface area contributed by atoms with Gasteiger partial charge in [-0.25, -0.2) is 0 Å². The van der Waals surface area contributed by atoms with Gasteiger partial charge in [-0.05, 0) is 18.2 Å². The van der Waals surface area contributed by atoms with E-state index in [-0.39, 0.29) is 11.4 Å². The van der Waals surface area contributed by atoms with Crippen molar-refractivity contribution < 1.29 is 31.1 Å². The van der Waals surface area contributed by atoms with Gasteiger partial charge in [0, 0.05) is 6.42 Å². The maximum Gasteiger partial charge on any atom is 0.416 e. The molecule has 1 aromatic carbocycles. The highest BCUT2D eigenvalue weighted by atomic mass is 19.4. The zero-order chi connectivity index (χ0) is 15.6. The van der Waals surface area contributed by atoms with Crippen molar-refractivity contribution in [2.75, 3.05) is 11.1 Å². The predicted molar refractivity (Wildman–Crippen MR) is 59.8 cm³/mol. The maximum absolute atomic E-state index is 12.3. The van der Waals surface area contributed by atoms with Crippen molar-refractivity contribution >= 4 is 17.3 Å². The van der Waals surface area contributed by atoms with Crippen molar-refractivity contribution in [1.82, 2.24) is 0 Å². The Hall–Kier alpha value is -1.93. The number of alkyl halides is 6. The number of carbonyl (C=O) groups excluding carboxylic acids is 1. The molecular weight excluding hydrogens is 290 g/mol. The minimum atomic E-state index is -4.59. The third kappa shape index (κ3) is 4.98. The summed E-state index contributed by atoms with van der Waals surface area (Å²) in [5.41, 5.74) is 3.76. The van der Waals surface area contributed by atoms with Crippen LogP contribution < -0.4 is 11.1 Å². The summed E-state index contributed by atoms with van der Waals surface area (Å²) in [7, 11) is 0. The summed E-state index contributed by atoms with van der Waals surface area (Å²) in [5.74, 6) is -0.978. The van der Waals surface area contributed by atoms with Crippen molar-refractivity contribution in [2.24, 2.45) is 0 Å². The van der Waals surface area contributed by atoms with E-state index in [1.165, 1.54) is 0 Å². The SMILES string of the molecule is Nc1cc(C(F)(F)F)ccc1NC(=O)CCC(F)(F)F. The standard InChI is InChI=1S/C11H10F6N2O/c12-10(13,14)4-3-9(20)19-8-2-1-6(5-7(8)18)11(15,16)17/h1-2,5H,3-4,18H2,(H,19,20). The second kappa shape index (κ2) is 5.59. The molecule has 0 aliphatic carbocycles. The molecule has 0 atom stereocenters. The molecule has 1 aromatic rings. The third-order valence-electron chi connectivity index (χ3n) is 2.29. The third-order valence-corrected chi connectivity index (χ3v) is 2.29. The summed E-state index contributed by atoms with van der Waals surface area (Å²) in [5, 5.41) is 2.03. The Morgan fingerprint density at radius 3 is 2.20 bits per heavy atom. The number of anilines is 2. The van der Waals surface area contributed by atoms with Crippen LogP contribution in [0.3, 0.4) is 0 Å².